The summed E-state index contributed by atoms with van der Waals surface area (Å²) in [6.07, 6.45) is 0. The number of carbonyl (C=O) groups excluding carboxylic acids is 1. The van der Waals surface area contributed by atoms with E-state index in [1.165, 1.54) is 19.2 Å². The Morgan fingerprint density at radius 3 is 2.37 bits per heavy atom. The molecule has 19 heavy (non-hydrogen) atoms. The average molecular weight is 262 g/mol. The number of nitrogens with zero attached hydrogens (tertiary/aromatic N) is 2. The number of hydrogen-bond acceptors (Lipinski definition) is 5. The normalized spacial score (nSPS) is 20.9. The minimum absolute atomic E-state index is 0.0122. The predicted molar refractivity (Wildman–Crippen MR) is 69.2 cm³/mol. The number of non-ortho nitro benzene ring substituents is 1. The molecule has 0 bridgehead atoms. The van der Waals surface area contributed by atoms with Gasteiger partial charge in [-0.1, -0.05) is 13.8 Å². The average Bonchev–Trinajstić information content (AvgIpc) is 3.14. The smallest absolute Gasteiger partial charge is 0.340 e. The summed E-state index contributed by atoms with van der Waals surface area (Å²) in [4.78, 5) is 26.3. The summed E-state index contributed by atoms with van der Waals surface area (Å²) < 4.78 is 4.79. The minimum atomic E-state index is -0.926. The monoisotopic (exact) mass is 262 g/mol. The molecular formula is C13H14N2O4. The third-order valence-electron chi connectivity index (χ3n) is 3.28. The van der Waals surface area contributed by atoms with E-state index < -0.39 is 16.4 Å². The first-order valence-electron chi connectivity index (χ1n) is 5.87. The zero-order valence-corrected chi connectivity index (χ0v) is 10.9. The van der Waals surface area contributed by atoms with Crippen molar-refractivity contribution in [1.29, 1.82) is 0 Å². The van der Waals surface area contributed by atoms with Gasteiger partial charge in [-0.15, -0.1) is 0 Å². The van der Waals surface area contributed by atoms with Gasteiger partial charge in [0.2, 0.25) is 5.54 Å². The molecule has 0 spiro atoms. The van der Waals surface area contributed by atoms with Gasteiger partial charge < -0.3 is 4.74 Å². The van der Waals surface area contributed by atoms with Crippen molar-refractivity contribution in [3.63, 3.8) is 0 Å². The van der Waals surface area contributed by atoms with Crippen LogP contribution in [0.4, 0.5) is 5.69 Å². The lowest BCUT2D eigenvalue weighted by Gasteiger charge is -2.16. The molecule has 1 unspecified atom stereocenters. The van der Waals surface area contributed by atoms with Gasteiger partial charge in [0.15, 0.2) is 0 Å². The van der Waals surface area contributed by atoms with E-state index in [9.17, 15) is 14.9 Å². The second-order valence-corrected chi connectivity index (χ2v) is 4.68. The van der Waals surface area contributed by atoms with Crippen LogP contribution < -0.4 is 0 Å². The third-order valence-corrected chi connectivity index (χ3v) is 3.28. The Morgan fingerprint density at radius 2 is 1.95 bits per heavy atom. The number of methoxy groups -OCH3 is 1. The number of nitro benzene ring substituents is 1. The Balaban J connectivity index is 2.27. The zero-order chi connectivity index (χ0) is 14.2. The maximum absolute atomic E-state index is 11.9. The van der Waals surface area contributed by atoms with Crippen molar-refractivity contribution in [2.45, 2.75) is 19.4 Å². The second-order valence-electron chi connectivity index (χ2n) is 4.68. The Kier molecular flexibility index (Phi) is 3.09. The van der Waals surface area contributed by atoms with E-state index >= 15 is 0 Å². The molecule has 0 N–H and O–H groups in total. The molecule has 100 valence electrons. The molecule has 1 aromatic carbocycles. The molecule has 6 nitrogen and oxygen atoms in total. The number of carbonyl (C=O) groups is 1. The maximum atomic E-state index is 11.9. The van der Waals surface area contributed by atoms with Crippen molar-refractivity contribution in [1.82, 2.24) is 0 Å². The topological polar surface area (TPSA) is 81.8 Å². The van der Waals surface area contributed by atoms with Gasteiger partial charge in [0.05, 0.1) is 17.7 Å². The molecular weight excluding hydrogens is 248 g/mol. The molecule has 2 rings (SSSR count). The number of rotatable bonds is 4. The fraction of sp³-hybridized carbons (Fsp3) is 0.385. The van der Waals surface area contributed by atoms with Crippen LogP contribution in [0.25, 0.3) is 0 Å². The van der Waals surface area contributed by atoms with E-state index in [1.807, 2.05) is 13.8 Å². The lowest BCUT2D eigenvalue weighted by molar-refractivity contribution is -0.384. The third kappa shape index (κ3) is 1.99. The molecule has 1 heterocycles. The highest BCUT2D eigenvalue weighted by atomic mass is 16.6. The van der Waals surface area contributed by atoms with Gasteiger partial charge in [0, 0.05) is 12.1 Å². The van der Waals surface area contributed by atoms with Gasteiger partial charge in [-0.05, 0) is 23.6 Å². The molecule has 0 radical (unpaired) electrons. The molecule has 1 aliphatic heterocycles. The van der Waals surface area contributed by atoms with E-state index in [-0.39, 0.29) is 11.6 Å². The summed E-state index contributed by atoms with van der Waals surface area (Å²) >= 11 is 0. The van der Waals surface area contributed by atoms with Crippen molar-refractivity contribution in [3.8, 4) is 0 Å². The molecule has 0 fully saturated rings. The number of benzene rings is 1. The summed E-state index contributed by atoms with van der Waals surface area (Å²) in [6.45, 7) is 3.78. The molecule has 0 aromatic heterocycles. The van der Waals surface area contributed by atoms with Crippen LogP contribution in [0.15, 0.2) is 29.3 Å². The highest BCUT2D eigenvalue weighted by Gasteiger charge is 2.58. The minimum Gasteiger partial charge on any atom is -0.467 e. The Hall–Kier alpha value is -2.24. The van der Waals surface area contributed by atoms with Crippen LogP contribution in [0.1, 0.15) is 19.4 Å². The predicted octanol–water partition coefficient (Wildman–Crippen LogP) is 1.97. The Bertz CT molecular complexity index is 563. The SMILES string of the molecule is COC(=O)C1(C(C)C)N=C1c1ccc([N+](=O)[O-])cc1. The molecule has 1 atom stereocenters. The first-order chi connectivity index (χ1) is 8.93. The van der Waals surface area contributed by atoms with Crippen LogP contribution in [-0.2, 0) is 9.53 Å². The first-order valence-corrected chi connectivity index (χ1v) is 5.87. The van der Waals surface area contributed by atoms with Gasteiger partial charge in [-0.3, -0.25) is 15.1 Å². The molecule has 0 saturated carbocycles. The van der Waals surface area contributed by atoms with Crippen LogP contribution >= 0.6 is 0 Å². The van der Waals surface area contributed by atoms with E-state index in [4.69, 9.17) is 4.74 Å². The van der Waals surface area contributed by atoms with Gasteiger partial charge in [0.25, 0.3) is 5.69 Å². The van der Waals surface area contributed by atoms with E-state index in [0.717, 1.165) is 0 Å². The molecule has 1 aromatic rings. The second kappa shape index (κ2) is 4.46. The van der Waals surface area contributed by atoms with Crippen molar-refractivity contribution in [2.24, 2.45) is 10.9 Å². The fourth-order valence-corrected chi connectivity index (χ4v) is 2.11. The van der Waals surface area contributed by atoms with Gasteiger partial charge in [-0.25, -0.2) is 4.79 Å². The number of esters is 1. The molecule has 0 aliphatic carbocycles. The van der Waals surface area contributed by atoms with Crippen LogP contribution in [0.3, 0.4) is 0 Å². The van der Waals surface area contributed by atoms with Crippen molar-refractivity contribution >= 4 is 17.4 Å². The van der Waals surface area contributed by atoms with Gasteiger partial charge in [0.1, 0.15) is 0 Å². The fourth-order valence-electron chi connectivity index (χ4n) is 2.11. The largest absolute Gasteiger partial charge is 0.467 e. The summed E-state index contributed by atoms with van der Waals surface area (Å²) in [5, 5.41) is 10.6. The number of hydrogen-bond donors (Lipinski definition) is 0. The van der Waals surface area contributed by atoms with E-state index in [2.05, 4.69) is 4.99 Å². The van der Waals surface area contributed by atoms with Crippen LogP contribution in [0.5, 0.6) is 0 Å². The summed E-state index contributed by atoms with van der Waals surface area (Å²) in [7, 11) is 1.33. The number of ether oxygens (including phenoxy) is 1. The standard InChI is InChI=1S/C13H14N2O4/c1-8(2)13(12(16)19-3)11(14-13)9-4-6-10(7-5-9)15(17)18/h4-8H,1-3H3. The van der Waals surface area contributed by atoms with Gasteiger partial charge in [-0.2, -0.15) is 0 Å². The summed E-state index contributed by atoms with van der Waals surface area (Å²) in [6, 6.07) is 6.01. The Morgan fingerprint density at radius 1 is 1.37 bits per heavy atom. The van der Waals surface area contributed by atoms with Crippen LogP contribution in [-0.4, -0.2) is 29.3 Å². The molecule has 0 saturated heterocycles. The highest BCUT2D eigenvalue weighted by molar-refractivity contribution is 6.29. The summed E-state index contributed by atoms with van der Waals surface area (Å²) in [5.74, 6) is -0.416. The Labute approximate surface area is 110 Å². The lowest BCUT2D eigenvalue weighted by atomic mass is 9.87. The maximum Gasteiger partial charge on any atom is 0.340 e. The van der Waals surface area contributed by atoms with E-state index in [0.29, 0.717) is 11.3 Å². The van der Waals surface area contributed by atoms with Crippen molar-refractivity contribution in [3.05, 3.63) is 39.9 Å². The molecule has 0 amide bonds. The number of nitro groups is 1. The zero-order valence-electron chi connectivity index (χ0n) is 10.9. The van der Waals surface area contributed by atoms with Crippen LogP contribution in [0.2, 0.25) is 0 Å². The number of aliphatic imine (C=N–C) groups is 1. The van der Waals surface area contributed by atoms with Crippen molar-refractivity contribution < 1.29 is 14.5 Å². The van der Waals surface area contributed by atoms with Gasteiger partial charge >= 0.3 is 5.97 Å². The van der Waals surface area contributed by atoms with Crippen LogP contribution in [0, 0.1) is 16.0 Å². The molecule has 6 heteroatoms. The quantitative estimate of drug-likeness (QED) is 0.472. The summed E-state index contributed by atoms with van der Waals surface area (Å²) in [5.41, 5.74) is 0.428. The highest BCUT2D eigenvalue weighted by Crippen LogP contribution is 2.40. The molecule has 1 aliphatic rings. The first kappa shape index (κ1) is 13.2. The van der Waals surface area contributed by atoms with Crippen molar-refractivity contribution in [2.75, 3.05) is 7.11 Å². The van der Waals surface area contributed by atoms with E-state index in [1.54, 1.807) is 12.1 Å². The lowest BCUT2D eigenvalue weighted by Crippen LogP contribution is -2.37.